The molecule has 2 aromatic carbocycles. The lowest BCUT2D eigenvalue weighted by atomic mass is 10.0. The first kappa shape index (κ1) is 20.1. The zero-order valence-corrected chi connectivity index (χ0v) is 19.1. The number of carbonyl (C=O) groups excluding carboxylic acids is 1. The number of ether oxygens (including phenoxy) is 2. The van der Waals surface area contributed by atoms with Crippen molar-refractivity contribution in [3.8, 4) is 22.8 Å². The molecule has 31 heavy (non-hydrogen) atoms. The highest BCUT2D eigenvalue weighted by Gasteiger charge is 2.46. The van der Waals surface area contributed by atoms with Crippen molar-refractivity contribution >= 4 is 39.3 Å². The first-order chi connectivity index (χ1) is 15.0. The molecule has 1 amide bonds. The van der Waals surface area contributed by atoms with Gasteiger partial charge in [-0.3, -0.25) is 14.6 Å². The molecule has 8 nitrogen and oxygen atoms in total. The Morgan fingerprint density at radius 1 is 1.32 bits per heavy atom. The first-order valence-electron chi connectivity index (χ1n) is 9.64. The average molecular weight is 502 g/mol. The second-order valence-corrected chi connectivity index (χ2v) is 8.64. The predicted molar refractivity (Wildman–Crippen MR) is 118 cm³/mol. The molecule has 0 saturated heterocycles. The van der Waals surface area contributed by atoms with Gasteiger partial charge in [0, 0.05) is 16.0 Å². The van der Waals surface area contributed by atoms with Crippen LogP contribution < -0.4 is 24.6 Å². The van der Waals surface area contributed by atoms with Gasteiger partial charge in [0.05, 0.1) is 16.8 Å². The van der Waals surface area contributed by atoms with Crippen LogP contribution >= 0.6 is 27.7 Å². The number of para-hydroxylation sites is 1. The zero-order chi connectivity index (χ0) is 21.7. The number of anilines is 1. The number of benzene rings is 2. The van der Waals surface area contributed by atoms with Gasteiger partial charge < -0.3 is 9.47 Å². The van der Waals surface area contributed by atoms with Crippen molar-refractivity contribution < 1.29 is 19.0 Å². The van der Waals surface area contributed by atoms with E-state index >= 15 is 0 Å². The maximum atomic E-state index is 13.2. The Morgan fingerprint density at radius 2 is 2.06 bits per heavy atom. The normalized spacial score (nSPS) is 16.1. The molecule has 0 spiro atoms. The second kappa shape index (κ2) is 7.69. The smallest absolute Gasteiger partial charge is 0.325 e. The summed E-state index contributed by atoms with van der Waals surface area (Å²) in [4.78, 5) is 30.9. The molecule has 0 aliphatic carbocycles. The molecular weight excluding hydrogens is 484 g/mol. The van der Waals surface area contributed by atoms with E-state index in [1.165, 1.54) is 11.8 Å². The van der Waals surface area contributed by atoms with Gasteiger partial charge in [-0.25, -0.2) is 4.90 Å². The fourth-order valence-corrected chi connectivity index (χ4v) is 4.81. The van der Waals surface area contributed by atoms with Gasteiger partial charge in [-0.05, 0) is 35.2 Å². The molecule has 1 aromatic heterocycles. The van der Waals surface area contributed by atoms with Crippen LogP contribution in [0.4, 0.5) is 5.69 Å². The van der Waals surface area contributed by atoms with Crippen molar-refractivity contribution in [2.45, 2.75) is 24.7 Å². The van der Waals surface area contributed by atoms with Crippen LogP contribution in [0, 0.1) is 0 Å². The topological polar surface area (TPSA) is 88.4 Å². The maximum absolute atomic E-state index is 13.2. The number of H-pyrrole nitrogens is 1. The van der Waals surface area contributed by atoms with Gasteiger partial charge in [0.2, 0.25) is 17.9 Å². The molecule has 0 bridgehead atoms. The van der Waals surface area contributed by atoms with E-state index in [9.17, 15) is 9.59 Å². The quantitative estimate of drug-likeness (QED) is 0.437. The van der Waals surface area contributed by atoms with Gasteiger partial charge >= 0.3 is 11.3 Å². The van der Waals surface area contributed by atoms with Crippen molar-refractivity contribution in [2.75, 3.05) is 17.9 Å². The van der Waals surface area contributed by atoms with Gasteiger partial charge in [-0.15, -0.1) is 0 Å². The molecule has 3 aromatic rings. The Labute approximate surface area is 190 Å². The number of thioether (sulfide) groups is 1. The lowest BCUT2D eigenvalue weighted by Gasteiger charge is -2.32. The molecule has 0 radical (unpaired) electrons. The summed E-state index contributed by atoms with van der Waals surface area (Å²) < 4.78 is 13.4. The van der Waals surface area contributed by atoms with E-state index in [0.29, 0.717) is 40.0 Å². The van der Waals surface area contributed by atoms with Crippen LogP contribution in [0.25, 0.3) is 11.3 Å². The minimum atomic E-state index is -0.686. The monoisotopic (exact) mass is 501 g/mol. The molecule has 1 atom stereocenters. The predicted octanol–water partition coefficient (Wildman–Crippen LogP) is 3.24. The van der Waals surface area contributed by atoms with E-state index in [-0.39, 0.29) is 18.3 Å². The molecule has 1 N–H and O–H groups in total. The molecule has 0 fully saturated rings. The summed E-state index contributed by atoms with van der Waals surface area (Å²) in [5, 5.41) is 5.15. The number of aromatic nitrogens is 3. The maximum Gasteiger partial charge on any atom is 0.325 e. The van der Waals surface area contributed by atoms with Crippen LogP contribution in [-0.2, 0) is 4.79 Å². The number of aromatic amines is 1. The highest BCUT2D eigenvalue weighted by molar-refractivity contribution is 9.10. The van der Waals surface area contributed by atoms with Crippen LogP contribution in [0.5, 0.6) is 11.5 Å². The van der Waals surface area contributed by atoms with Crippen molar-refractivity contribution in [2.24, 2.45) is 0 Å². The number of fused-ring (bicyclic) bond motifs is 4. The summed E-state index contributed by atoms with van der Waals surface area (Å²) in [7, 11) is 0. The van der Waals surface area contributed by atoms with Crippen molar-refractivity contribution in [1.29, 1.82) is 0 Å². The van der Waals surface area contributed by atoms with Crippen molar-refractivity contribution in [3.63, 3.8) is 0 Å². The number of carbonyl (C=O) groups is 1. The van der Waals surface area contributed by atoms with Gasteiger partial charge in [0.15, 0.2) is 11.5 Å². The van der Waals surface area contributed by atoms with Gasteiger partial charge in [-0.1, -0.05) is 46.7 Å². The van der Waals surface area contributed by atoms with Crippen molar-refractivity contribution in [3.05, 3.63) is 56.8 Å². The van der Waals surface area contributed by atoms with Gasteiger partial charge in [0.25, 0.3) is 6.17 Å². The zero-order valence-electron chi connectivity index (χ0n) is 16.7. The molecule has 158 valence electrons. The summed E-state index contributed by atoms with van der Waals surface area (Å²) >= 11 is 4.95. The third kappa shape index (κ3) is 3.12. The molecule has 2 aliphatic rings. The lowest BCUT2D eigenvalue weighted by molar-refractivity contribution is -0.763. The van der Waals surface area contributed by atoms with Gasteiger partial charge in [-0.2, -0.15) is 0 Å². The number of nitrogens with one attached hydrogen (secondary N) is 1. The highest BCUT2D eigenvalue weighted by Crippen LogP contribution is 2.43. The van der Waals surface area contributed by atoms with Crippen LogP contribution in [0.3, 0.4) is 0 Å². The highest BCUT2D eigenvalue weighted by atomic mass is 79.9. The number of rotatable bonds is 3. The Balaban J connectivity index is 1.86. The standard InChI is InChI=1S/C21H17BrN4O4S/c1-3-17(27)25-14-7-5-4-6-11(14)18-19(28)23-21(31-2)24-26(18)20(25)12-8-15-16(9-13(12)22)30-10-29-15/h4-9,20H,3,10H2,1-2H3/p+1/t20-/m1/s1. The van der Waals surface area contributed by atoms with E-state index in [0.717, 1.165) is 10.0 Å². The van der Waals surface area contributed by atoms with Crippen LogP contribution in [0.1, 0.15) is 25.1 Å². The molecule has 0 saturated carbocycles. The molecule has 3 heterocycles. The Morgan fingerprint density at radius 3 is 2.81 bits per heavy atom. The van der Waals surface area contributed by atoms with Crippen LogP contribution in [0.15, 0.2) is 50.8 Å². The molecule has 5 rings (SSSR count). The average Bonchev–Trinajstić information content (AvgIpc) is 3.23. The third-order valence-electron chi connectivity index (χ3n) is 5.29. The summed E-state index contributed by atoms with van der Waals surface area (Å²) in [6.07, 6.45) is 1.44. The first-order valence-corrected chi connectivity index (χ1v) is 11.7. The molecule has 0 unspecified atom stereocenters. The summed E-state index contributed by atoms with van der Waals surface area (Å²) in [5.74, 6) is 1.11. The Kier molecular flexibility index (Phi) is 4.98. The minimum absolute atomic E-state index is 0.0899. The van der Waals surface area contributed by atoms with E-state index in [1.54, 1.807) is 9.58 Å². The molecular formula is C21H18BrN4O4S+. The Hall–Kier alpha value is -2.85. The second-order valence-electron chi connectivity index (χ2n) is 6.99. The summed E-state index contributed by atoms with van der Waals surface area (Å²) in [5.41, 5.74) is 2.17. The number of halogens is 1. The third-order valence-corrected chi connectivity index (χ3v) is 6.55. The molecule has 10 heteroatoms. The summed E-state index contributed by atoms with van der Waals surface area (Å²) in [6, 6.07) is 11.0. The largest absolute Gasteiger partial charge is 0.454 e. The van der Waals surface area contributed by atoms with Crippen LogP contribution in [0.2, 0.25) is 0 Å². The number of hydrogen-bond acceptors (Lipinski definition) is 6. The minimum Gasteiger partial charge on any atom is -0.454 e. The lowest BCUT2D eigenvalue weighted by Crippen LogP contribution is -2.61. The van der Waals surface area contributed by atoms with E-state index in [1.807, 2.05) is 49.6 Å². The van der Waals surface area contributed by atoms with E-state index in [4.69, 9.17) is 9.47 Å². The number of nitrogens with zero attached hydrogens (tertiary/aromatic N) is 3. The Bertz CT molecular complexity index is 1280. The molecule has 2 aliphatic heterocycles. The fourth-order valence-electron chi connectivity index (χ4n) is 3.92. The van der Waals surface area contributed by atoms with E-state index < -0.39 is 6.17 Å². The SMILES string of the molecule is CCC(=O)N1c2ccccc2-c2c(=O)[nH]c(SC)n[n+]2[C@@H]1c1cc2c(cc1Br)OCO2. The fraction of sp³-hybridized carbons (Fsp3) is 0.238. The van der Waals surface area contributed by atoms with Gasteiger partial charge in [0.1, 0.15) is 0 Å². The van der Waals surface area contributed by atoms with Crippen molar-refractivity contribution in [1.82, 2.24) is 10.1 Å². The number of amides is 1. The van der Waals surface area contributed by atoms with Crippen LogP contribution in [-0.4, -0.2) is 29.0 Å². The summed E-state index contributed by atoms with van der Waals surface area (Å²) in [6.45, 7) is 1.95. The number of hydrogen-bond donors (Lipinski definition) is 1. The van der Waals surface area contributed by atoms with E-state index in [2.05, 4.69) is 26.0 Å².